The van der Waals surface area contributed by atoms with Crippen molar-refractivity contribution in [3.63, 3.8) is 0 Å². The number of para-hydroxylation sites is 2. The number of hydrogen-bond acceptors (Lipinski definition) is 6. The summed E-state index contributed by atoms with van der Waals surface area (Å²) in [6.07, 6.45) is 1.97. The number of ketones is 2. The Morgan fingerprint density at radius 1 is 0.907 bits per heavy atom. The van der Waals surface area contributed by atoms with Crippen LogP contribution in [0.15, 0.2) is 103 Å². The fourth-order valence-corrected chi connectivity index (χ4v) is 7.25. The summed E-state index contributed by atoms with van der Waals surface area (Å²) >= 11 is 6.15. The first-order chi connectivity index (χ1) is 20.7. The number of anilines is 2. The van der Waals surface area contributed by atoms with Crippen LogP contribution in [-0.2, 0) is 10.2 Å². The topological polar surface area (TPSA) is 110 Å². The van der Waals surface area contributed by atoms with Crippen molar-refractivity contribution in [1.29, 1.82) is 0 Å². The Kier molecular flexibility index (Phi) is 6.07. The monoisotopic (exact) mass is 589 g/mol. The lowest BCUT2D eigenvalue weighted by atomic mass is 9.64. The Morgan fingerprint density at radius 2 is 1.63 bits per heavy atom. The highest BCUT2D eigenvalue weighted by Gasteiger charge is 2.70. The summed E-state index contributed by atoms with van der Waals surface area (Å²) in [5.41, 5.74) is 2.31. The largest absolute Gasteiger partial charge is 0.352 e. The summed E-state index contributed by atoms with van der Waals surface area (Å²) in [7, 11) is 0. The molecule has 0 radical (unpaired) electrons. The van der Waals surface area contributed by atoms with Crippen LogP contribution in [0, 0.1) is 16.0 Å². The number of nitro benzene ring substituents is 1. The lowest BCUT2D eigenvalue weighted by Gasteiger charge is -2.39. The van der Waals surface area contributed by atoms with E-state index in [4.69, 9.17) is 11.6 Å². The minimum atomic E-state index is -1.51. The first-order valence-electron chi connectivity index (χ1n) is 13.8. The molecule has 1 fully saturated rings. The molecule has 1 amide bonds. The second kappa shape index (κ2) is 9.74. The number of nitrogens with one attached hydrogen (secondary N) is 1. The predicted molar refractivity (Wildman–Crippen MR) is 164 cm³/mol. The molecule has 4 aromatic rings. The molecule has 4 aromatic carbocycles. The molecule has 3 heterocycles. The zero-order valence-corrected chi connectivity index (χ0v) is 23.6. The normalized spacial score (nSPS) is 23.2. The van der Waals surface area contributed by atoms with Crippen LogP contribution in [0.5, 0.6) is 0 Å². The van der Waals surface area contributed by atoms with Crippen molar-refractivity contribution in [2.75, 3.05) is 10.2 Å². The van der Waals surface area contributed by atoms with Crippen molar-refractivity contribution in [1.82, 2.24) is 0 Å². The molecule has 1 saturated heterocycles. The van der Waals surface area contributed by atoms with E-state index in [1.165, 1.54) is 24.3 Å². The molecule has 9 heteroatoms. The Bertz CT molecular complexity index is 1900. The molecule has 3 aliphatic rings. The van der Waals surface area contributed by atoms with Crippen LogP contribution in [0.3, 0.4) is 0 Å². The molecule has 1 spiro atoms. The summed E-state index contributed by atoms with van der Waals surface area (Å²) in [6, 6.07) is 24.9. The van der Waals surface area contributed by atoms with Crippen LogP contribution in [0.4, 0.5) is 17.1 Å². The van der Waals surface area contributed by atoms with E-state index in [1.54, 1.807) is 36.4 Å². The minimum Gasteiger partial charge on any atom is -0.352 e. The fraction of sp³-hybridized carbons (Fsp3) is 0.147. The van der Waals surface area contributed by atoms with Gasteiger partial charge >= 0.3 is 0 Å². The highest BCUT2D eigenvalue weighted by atomic mass is 35.5. The third-order valence-corrected chi connectivity index (χ3v) is 9.16. The summed E-state index contributed by atoms with van der Waals surface area (Å²) in [4.78, 5) is 57.0. The molecule has 0 aromatic heterocycles. The van der Waals surface area contributed by atoms with Crippen LogP contribution in [0.2, 0.25) is 5.02 Å². The predicted octanol–water partition coefficient (Wildman–Crippen LogP) is 6.49. The Labute approximate surface area is 251 Å². The van der Waals surface area contributed by atoms with E-state index >= 15 is 0 Å². The van der Waals surface area contributed by atoms with Gasteiger partial charge in [-0.3, -0.25) is 24.5 Å². The first-order valence-corrected chi connectivity index (χ1v) is 14.2. The number of benzene rings is 4. The number of amides is 1. The molecule has 43 heavy (non-hydrogen) atoms. The van der Waals surface area contributed by atoms with Crippen molar-refractivity contribution in [2.45, 2.75) is 24.4 Å². The molecular formula is C34H24ClN3O5. The Morgan fingerprint density at radius 3 is 2.40 bits per heavy atom. The van der Waals surface area contributed by atoms with Gasteiger partial charge in [-0.1, -0.05) is 66.2 Å². The molecule has 0 bridgehead atoms. The smallest absolute Gasteiger partial charge is 0.270 e. The van der Waals surface area contributed by atoms with Crippen molar-refractivity contribution in [2.24, 2.45) is 5.92 Å². The highest BCUT2D eigenvalue weighted by Crippen LogP contribution is 2.58. The van der Waals surface area contributed by atoms with Gasteiger partial charge in [0.25, 0.3) is 5.69 Å². The van der Waals surface area contributed by atoms with Crippen LogP contribution >= 0.6 is 11.6 Å². The van der Waals surface area contributed by atoms with Gasteiger partial charge < -0.3 is 10.2 Å². The summed E-state index contributed by atoms with van der Waals surface area (Å²) < 4.78 is 0. The maximum Gasteiger partial charge on any atom is 0.270 e. The van der Waals surface area contributed by atoms with Gasteiger partial charge in [0.2, 0.25) is 5.91 Å². The van der Waals surface area contributed by atoms with E-state index in [0.717, 1.165) is 16.8 Å². The van der Waals surface area contributed by atoms with Gasteiger partial charge in [0, 0.05) is 45.2 Å². The lowest BCUT2D eigenvalue weighted by Crippen LogP contribution is -2.51. The van der Waals surface area contributed by atoms with E-state index in [1.807, 2.05) is 54.3 Å². The molecule has 1 N–H and O–H groups in total. The molecular weight excluding hydrogens is 566 g/mol. The van der Waals surface area contributed by atoms with Crippen molar-refractivity contribution in [3.8, 4) is 0 Å². The van der Waals surface area contributed by atoms with Crippen LogP contribution < -0.4 is 10.2 Å². The fourth-order valence-electron chi connectivity index (χ4n) is 7.12. The molecule has 7 rings (SSSR count). The molecule has 0 unspecified atom stereocenters. The number of allylic oxidation sites excluding steroid dienone is 1. The molecule has 0 aliphatic carbocycles. The van der Waals surface area contributed by atoms with Crippen LogP contribution in [0.25, 0.3) is 5.57 Å². The summed E-state index contributed by atoms with van der Waals surface area (Å²) in [5, 5.41) is 15.1. The van der Waals surface area contributed by atoms with Gasteiger partial charge in [0.15, 0.2) is 11.6 Å². The maximum absolute atomic E-state index is 14.9. The third kappa shape index (κ3) is 3.79. The maximum atomic E-state index is 14.9. The average Bonchev–Trinajstić information content (AvgIpc) is 3.49. The van der Waals surface area contributed by atoms with E-state index < -0.39 is 40.0 Å². The van der Waals surface area contributed by atoms with Gasteiger partial charge in [-0.05, 0) is 54.5 Å². The molecule has 0 saturated carbocycles. The number of rotatable bonds is 5. The zero-order valence-electron chi connectivity index (χ0n) is 22.9. The second-order valence-corrected chi connectivity index (χ2v) is 11.5. The second-order valence-electron chi connectivity index (χ2n) is 11.1. The van der Waals surface area contributed by atoms with Crippen LogP contribution in [-0.4, -0.2) is 34.5 Å². The number of carbonyl (C=O) groups is 3. The summed E-state index contributed by atoms with van der Waals surface area (Å²) in [5.74, 6) is -2.52. The van der Waals surface area contributed by atoms with Gasteiger partial charge in [0.1, 0.15) is 11.5 Å². The highest BCUT2D eigenvalue weighted by molar-refractivity contribution is 6.30. The number of non-ortho nitro benzene ring substituents is 1. The number of fused-ring (bicyclic) bond motifs is 6. The molecule has 212 valence electrons. The first kappa shape index (κ1) is 26.8. The van der Waals surface area contributed by atoms with E-state index in [9.17, 15) is 24.5 Å². The van der Waals surface area contributed by atoms with Crippen molar-refractivity contribution < 1.29 is 19.3 Å². The van der Waals surface area contributed by atoms with E-state index in [2.05, 4.69) is 5.32 Å². The average molecular weight is 590 g/mol. The number of nitrogens with zero attached hydrogens (tertiary/aromatic N) is 2. The Balaban J connectivity index is 1.55. The van der Waals surface area contributed by atoms with Crippen molar-refractivity contribution >= 4 is 51.7 Å². The van der Waals surface area contributed by atoms with E-state index in [0.29, 0.717) is 21.8 Å². The number of nitro groups is 1. The van der Waals surface area contributed by atoms with Gasteiger partial charge in [-0.25, -0.2) is 0 Å². The zero-order chi connectivity index (χ0) is 30.0. The van der Waals surface area contributed by atoms with Gasteiger partial charge in [0.05, 0.1) is 16.9 Å². The number of carbonyl (C=O) groups excluding carboxylic acids is 3. The number of Topliss-reactive ketones (excluding diaryl/α,β-unsaturated/α-hetero) is 2. The van der Waals surface area contributed by atoms with Gasteiger partial charge in [-0.15, -0.1) is 0 Å². The number of halogens is 1. The lowest BCUT2D eigenvalue weighted by molar-refractivity contribution is -0.384. The minimum absolute atomic E-state index is 0.0542. The van der Waals surface area contributed by atoms with Crippen LogP contribution in [0.1, 0.15) is 38.8 Å². The molecule has 8 nitrogen and oxygen atoms in total. The quantitative estimate of drug-likeness (QED) is 0.162. The van der Waals surface area contributed by atoms with E-state index in [-0.39, 0.29) is 17.0 Å². The molecule has 3 aliphatic heterocycles. The molecule has 4 atom stereocenters. The van der Waals surface area contributed by atoms with Crippen molar-refractivity contribution in [3.05, 3.63) is 141 Å². The summed E-state index contributed by atoms with van der Waals surface area (Å²) in [6.45, 7) is 1.95. The van der Waals surface area contributed by atoms with Gasteiger partial charge in [-0.2, -0.15) is 0 Å². The number of hydrogen-bond donors (Lipinski definition) is 1. The SMILES string of the molecule is CC1=C[C@@H]2N(c3ccccc31)[C@@H](C(=O)c1ccc(Cl)cc1)[C@@H](C(=O)c1cccc([N+](=O)[O-])c1)[C@]21C(=O)Nc2ccccc21. The Hall–Kier alpha value is -5.08. The third-order valence-electron chi connectivity index (χ3n) is 8.91. The standard InChI is InChI=1S/C34H24ClN3O5/c1-19-17-28-34(25-10-3-4-11-26(25)36-33(34)41)29(31(39)21-7-6-8-23(18-21)38(42)43)30(32(40)20-13-15-22(35)16-14-20)37(28)27-12-5-2-9-24(19)27/h2-18,28-30H,1H3,(H,36,41)/t28-,29-,30+,34+/m0/s1.